The first kappa shape index (κ1) is 11.5. The van der Waals surface area contributed by atoms with Gasteiger partial charge in [-0.3, -0.25) is 4.79 Å². The van der Waals surface area contributed by atoms with Crippen LogP contribution in [0.4, 0.5) is 0 Å². The standard InChI is InChI=1S/C11H15BrO2/c1-7-4-11(2,3)5-8(13)10(7)9(14)6-12/h14H,1,4-6H2,2-3H3/b10-9+. The molecular formula is C11H15BrO2. The number of alkyl halides is 1. The Morgan fingerprint density at radius 1 is 1.57 bits per heavy atom. The van der Waals surface area contributed by atoms with E-state index in [0.717, 1.165) is 12.0 Å². The molecule has 0 saturated heterocycles. The van der Waals surface area contributed by atoms with Crippen LogP contribution in [0.15, 0.2) is 23.5 Å². The summed E-state index contributed by atoms with van der Waals surface area (Å²) < 4.78 is 0. The number of carbonyl (C=O) groups is 1. The average Bonchev–Trinajstić information content (AvgIpc) is 1.99. The topological polar surface area (TPSA) is 37.3 Å². The van der Waals surface area contributed by atoms with Gasteiger partial charge in [0.25, 0.3) is 0 Å². The highest BCUT2D eigenvalue weighted by atomic mass is 79.9. The monoisotopic (exact) mass is 258 g/mol. The van der Waals surface area contributed by atoms with Crippen molar-refractivity contribution < 1.29 is 9.90 Å². The van der Waals surface area contributed by atoms with Gasteiger partial charge in [-0.05, 0) is 17.4 Å². The number of halogens is 1. The van der Waals surface area contributed by atoms with Gasteiger partial charge in [-0.25, -0.2) is 0 Å². The molecule has 14 heavy (non-hydrogen) atoms. The van der Waals surface area contributed by atoms with Crippen molar-refractivity contribution in [2.45, 2.75) is 26.7 Å². The van der Waals surface area contributed by atoms with Gasteiger partial charge < -0.3 is 5.11 Å². The lowest BCUT2D eigenvalue weighted by Gasteiger charge is -2.31. The van der Waals surface area contributed by atoms with Crippen LogP contribution in [0.2, 0.25) is 0 Å². The van der Waals surface area contributed by atoms with Gasteiger partial charge in [-0.2, -0.15) is 0 Å². The quantitative estimate of drug-likeness (QED) is 0.446. The molecule has 3 heteroatoms. The molecule has 0 spiro atoms. The van der Waals surface area contributed by atoms with Gasteiger partial charge in [0.2, 0.25) is 0 Å². The highest BCUT2D eigenvalue weighted by Gasteiger charge is 2.33. The molecular weight excluding hydrogens is 244 g/mol. The summed E-state index contributed by atoms with van der Waals surface area (Å²) in [7, 11) is 0. The van der Waals surface area contributed by atoms with E-state index in [1.807, 2.05) is 13.8 Å². The molecule has 0 amide bonds. The minimum absolute atomic E-state index is 0.00296. The van der Waals surface area contributed by atoms with E-state index in [0.29, 0.717) is 17.3 Å². The molecule has 1 rings (SSSR count). The van der Waals surface area contributed by atoms with Gasteiger partial charge in [-0.1, -0.05) is 36.4 Å². The number of rotatable bonds is 1. The molecule has 0 atom stereocenters. The summed E-state index contributed by atoms with van der Waals surface area (Å²) in [5.41, 5.74) is 1.16. The molecule has 1 fully saturated rings. The molecule has 0 heterocycles. The average molecular weight is 259 g/mol. The second kappa shape index (κ2) is 3.89. The van der Waals surface area contributed by atoms with Crippen LogP contribution < -0.4 is 0 Å². The molecule has 2 nitrogen and oxygen atoms in total. The fraction of sp³-hybridized carbons (Fsp3) is 0.545. The van der Waals surface area contributed by atoms with Gasteiger partial charge in [0.05, 0.1) is 10.9 Å². The zero-order valence-electron chi connectivity index (χ0n) is 8.56. The Kier molecular flexibility index (Phi) is 3.20. The summed E-state index contributed by atoms with van der Waals surface area (Å²) in [5.74, 6) is 0.110. The Bertz CT molecular complexity index is 291. The molecule has 1 aliphatic rings. The Morgan fingerprint density at radius 3 is 2.57 bits per heavy atom. The predicted octanol–water partition coefficient (Wildman–Crippen LogP) is 3.14. The van der Waals surface area contributed by atoms with E-state index in [2.05, 4.69) is 22.5 Å². The smallest absolute Gasteiger partial charge is 0.167 e. The van der Waals surface area contributed by atoms with Crippen LogP contribution in [-0.4, -0.2) is 16.2 Å². The maximum Gasteiger partial charge on any atom is 0.167 e. The molecule has 0 unspecified atom stereocenters. The van der Waals surface area contributed by atoms with E-state index < -0.39 is 0 Å². The van der Waals surface area contributed by atoms with Gasteiger partial charge in [-0.15, -0.1) is 0 Å². The van der Waals surface area contributed by atoms with Crippen LogP contribution in [0.3, 0.4) is 0 Å². The Hall–Kier alpha value is -0.570. The van der Waals surface area contributed by atoms with Crippen molar-refractivity contribution >= 4 is 21.7 Å². The number of hydrogen-bond acceptors (Lipinski definition) is 2. The van der Waals surface area contributed by atoms with Gasteiger partial charge in [0.1, 0.15) is 5.76 Å². The van der Waals surface area contributed by atoms with Crippen LogP contribution in [0.5, 0.6) is 0 Å². The largest absolute Gasteiger partial charge is 0.511 e. The third-order valence-electron chi connectivity index (χ3n) is 2.38. The van der Waals surface area contributed by atoms with Crippen LogP contribution in [0.25, 0.3) is 0 Å². The third-order valence-corrected chi connectivity index (χ3v) is 2.91. The Morgan fingerprint density at radius 2 is 2.14 bits per heavy atom. The maximum atomic E-state index is 11.7. The number of allylic oxidation sites excluding steroid dienone is 3. The lowest BCUT2D eigenvalue weighted by atomic mass is 9.72. The Labute approximate surface area is 92.8 Å². The SMILES string of the molecule is C=C1CC(C)(C)CC(=O)/C1=C(/O)CBr. The minimum atomic E-state index is -0.0236. The number of ketones is 1. The number of hydrogen-bond donors (Lipinski definition) is 1. The van der Waals surface area contributed by atoms with Crippen molar-refractivity contribution in [3.63, 3.8) is 0 Å². The lowest BCUT2D eigenvalue weighted by molar-refractivity contribution is -0.118. The summed E-state index contributed by atoms with van der Waals surface area (Å²) in [4.78, 5) is 11.7. The van der Waals surface area contributed by atoms with Crippen molar-refractivity contribution in [2.75, 3.05) is 5.33 Å². The van der Waals surface area contributed by atoms with E-state index in [-0.39, 0.29) is 17.0 Å². The predicted molar refractivity (Wildman–Crippen MR) is 60.6 cm³/mol. The molecule has 1 aliphatic carbocycles. The molecule has 0 aromatic carbocycles. The first-order valence-corrected chi connectivity index (χ1v) is 5.69. The highest BCUT2D eigenvalue weighted by molar-refractivity contribution is 9.09. The van der Waals surface area contributed by atoms with Crippen molar-refractivity contribution in [3.8, 4) is 0 Å². The van der Waals surface area contributed by atoms with E-state index in [9.17, 15) is 9.90 Å². The normalized spacial score (nSPS) is 25.1. The van der Waals surface area contributed by atoms with Crippen molar-refractivity contribution in [1.82, 2.24) is 0 Å². The van der Waals surface area contributed by atoms with Crippen molar-refractivity contribution in [1.29, 1.82) is 0 Å². The number of Topliss-reactive ketones (excluding diaryl/α,β-unsaturated/α-hetero) is 1. The highest BCUT2D eigenvalue weighted by Crippen LogP contribution is 2.39. The summed E-state index contributed by atoms with van der Waals surface area (Å²) in [6.45, 7) is 7.93. The van der Waals surface area contributed by atoms with Gasteiger partial charge in [0.15, 0.2) is 5.78 Å². The summed E-state index contributed by atoms with van der Waals surface area (Å²) >= 11 is 3.13. The van der Waals surface area contributed by atoms with Crippen LogP contribution in [0, 0.1) is 5.41 Å². The fourth-order valence-corrected chi connectivity index (χ4v) is 2.16. The van der Waals surface area contributed by atoms with Crippen molar-refractivity contribution in [2.24, 2.45) is 5.41 Å². The maximum absolute atomic E-state index is 11.7. The number of aliphatic hydroxyl groups is 1. The molecule has 0 aliphatic heterocycles. The van der Waals surface area contributed by atoms with Crippen LogP contribution in [-0.2, 0) is 4.79 Å². The van der Waals surface area contributed by atoms with E-state index >= 15 is 0 Å². The lowest BCUT2D eigenvalue weighted by Crippen LogP contribution is -2.27. The fourth-order valence-electron chi connectivity index (χ4n) is 1.88. The molecule has 78 valence electrons. The zero-order valence-corrected chi connectivity index (χ0v) is 10.1. The molecule has 1 N–H and O–H groups in total. The number of aliphatic hydroxyl groups excluding tert-OH is 1. The van der Waals surface area contributed by atoms with E-state index in [1.165, 1.54) is 0 Å². The molecule has 1 saturated carbocycles. The van der Waals surface area contributed by atoms with E-state index in [1.54, 1.807) is 0 Å². The molecule has 0 radical (unpaired) electrons. The van der Waals surface area contributed by atoms with Crippen LogP contribution in [0.1, 0.15) is 26.7 Å². The van der Waals surface area contributed by atoms with Crippen LogP contribution >= 0.6 is 15.9 Å². The summed E-state index contributed by atoms with van der Waals surface area (Å²) in [5, 5.41) is 9.86. The first-order chi connectivity index (χ1) is 6.37. The van der Waals surface area contributed by atoms with Gasteiger partial charge >= 0.3 is 0 Å². The zero-order chi connectivity index (χ0) is 10.9. The summed E-state index contributed by atoms with van der Waals surface area (Å²) in [6, 6.07) is 0. The second-order valence-corrected chi connectivity index (χ2v) is 5.06. The third kappa shape index (κ3) is 2.27. The minimum Gasteiger partial charge on any atom is -0.511 e. The Balaban J connectivity index is 3.04. The summed E-state index contributed by atoms with van der Waals surface area (Å²) in [6.07, 6.45) is 1.25. The second-order valence-electron chi connectivity index (χ2n) is 4.50. The first-order valence-electron chi connectivity index (χ1n) is 4.57. The molecule has 0 aromatic rings. The van der Waals surface area contributed by atoms with Gasteiger partial charge in [0, 0.05) is 6.42 Å². The molecule has 0 aromatic heterocycles. The van der Waals surface area contributed by atoms with Crippen molar-refractivity contribution in [3.05, 3.63) is 23.5 Å². The molecule has 0 bridgehead atoms. The van der Waals surface area contributed by atoms with E-state index in [4.69, 9.17) is 0 Å². The number of carbonyl (C=O) groups excluding carboxylic acids is 1.